The highest BCUT2D eigenvalue weighted by Gasteiger charge is 2.44. The molecule has 2 aromatic carbocycles. The van der Waals surface area contributed by atoms with Crippen LogP contribution >= 0.6 is 0 Å². The third-order valence-electron chi connectivity index (χ3n) is 18.1. The van der Waals surface area contributed by atoms with Gasteiger partial charge in [-0.15, -0.1) is 0 Å². The van der Waals surface area contributed by atoms with Crippen molar-refractivity contribution in [2.75, 3.05) is 0 Å². The summed E-state index contributed by atoms with van der Waals surface area (Å²) in [5.74, 6) is 8.66. The Hall–Kier alpha value is -2.36. The van der Waals surface area contributed by atoms with Crippen molar-refractivity contribution in [3.8, 4) is 23.0 Å². The Morgan fingerprint density at radius 2 is 0.701 bits per heavy atom. The molecule has 0 amide bonds. The number of hydrogen-bond acceptors (Lipinski definition) is 4. The van der Waals surface area contributed by atoms with E-state index in [9.17, 15) is 10.2 Å². The summed E-state index contributed by atoms with van der Waals surface area (Å²) in [7, 11) is 0. The van der Waals surface area contributed by atoms with Crippen molar-refractivity contribution in [2.45, 2.75) is 283 Å². The fraction of sp³-hybridized carbons (Fsp3) is 0.810. The summed E-state index contributed by atoms with van der Waals surface area (Å²) < 4.78 is 14.5. The highest BCUT2D eigenvalue weighted by atomic mass is 16.5. The Morgan fingerprint density at radius 1 is 0.403 bits per heavy atom. The second-order valence-electron chi connectivity index (χ2n) is 25.0. The molecular weight excluding hydrogens is 821 g/mol. The molecule has 0 radical (unpaired) electrons. The maximum atomic E-state index is 11.2. The molecule has 2 aliphatic rings. The van der Waals surface area contributed by atoms with Gasteiger partial charge in [0.15, 0.2) is 0 Å². The van der Waals surface area contributed by atoms with E-state index in [1.165, 1.54) is 133 Å². The largest absolute Gasteiger partial charge is 0.507 e. The number of phenolic OH excluding ortho intramolecular Hbond substituents is 2. The number of ether oxygens (including phenoxy) is 2. The number of aromatic hydroxyl groups is 2. The van der Waals surface area contributed by atoms with Crippen LogP contribution in [0.2, 0.25) is 0 Å². The molecule has 8 atom stereocenters. The fourth-order valence-electron chi connectivity index (χ4n) is 12.5. The van der Waals surface area contributed by atoms with Gasteiger partial charge in [0.2, 0.25) is 0 Å². The molecule has 0 aliphatic carbocycles. The lowest BCUT2D eigenvalue weighted by Crippen LogP contribution is -2.46. The predicted octanol–water partition coefficient (Wildman–Crippen LogP) is 19.1. The first kappa shape index (κ1) is 57.2. The second-order valence-corrected chi connectivity index (χ2v) is 25.0. The van der Waals surface area contributed by atoms with Crippen molar-refractivity contribution < 1.29 is 19.7 Å². The standard InChI is InChI=1S/C63H108O4/c1-42(2)26-20-28-44(5)30-22-32-46(7)34-24-38-62(15)54(40-56-52(13)58(64)48(9)50(11)60(56)66-62)36-18-17-19-37-55-41-57-53(14)59(65)49(10)51(12)61(57)67-63(55,16)39-25-35-47(8)33-23-31-45(6)29-21-27-43(3)4/h42-47,54-55,64-65H,17-41H2,1-16H3/t44-,45-,46+,47+,54?,55?,62-,63-/m0/s1. The van der Waals surface area contributed by atoms with E-state index in [0.29, 0.717) is 23.3 Å². The molecule has 2 N–H and O–H groups in total. The van der Waals surface area contributed by atoms with Crippen molar-refractivity contribution in [2.24, 2.45) is 47.3 Å². The molecule has 0 fully saturated rings. The Labute approximate surface area is 415 Å². The summed E-state index contributed by atoms with van der Waals surface area (Å²) in [6.07, 6.45) is 31.3. The Bertz CT molecular complexity index is 1680. The van der Waals surface area contributed by atoms with Gasteiger partial charge in [-0.25, -0.2) is 0 Å². The Kier molecular flexibility index (Phi) is 22.8. The fourth-order valence-corrected chi connectivity index (χ4v) is 12.5. The van der Waals surface area contributed by atoms with Crippen LogP contribution in [-0.2, 0) is 12.8 Å². The monoisotopic (exact) mass is 929 g/mol. The van der Waals surface area contributed by atoms with Crippen molar-refractivity contribution in [3.05, 3.63) is 44.5 Å². The van der Waals surface area contributed by atoms with Gasteiger partial charge in [0, 0.05) is 23.0 Å². The molecule has 384 valence electrons. The van der Waals surface area contributed by atoms with E-state index in [0.717, 1.165) is 119 Å². The molecule has 0 saturated carbocycles. The van der Waals surface area contributed by atoms with Gasteiger partial charge >= 0.3 is 0 Å². The topological polar surface area (TPSA) is 58.9 Å². The van der Waals surface area contributed by atoms with Crippen LogP contribution in [-0.4, -0.2) is 21.4 Å². The Morgan fingerprint density at radius 3 is 1.01 bits per heavy atom. The Balaban J connectivity index is 1.37. The van der Waals surface area contributed by atoms with E-state index < -0.39 is 0 Å². The minimum Gasteiger partial charge on any atom is -0.507 e. The summed E-state index contributed by atoms with van der Waals surface area (Å²) in [5.41, 5.74) is 8.21. The molecule has 2 aromatic rings. The predicted molar refractivity (Wildman–Crippen MR) is 290 cm³/mol. The average molecular weight is 930 g/mol. The first-order valence-corrected chi connectivity index (χ1v) is 28.6. The lowest BCUT2D eigenvalue weighted by Gasteiger charge is -2.45. The highest BCUT2D eigenvalue weighted by molar-refractivity contribution is 5.59. The first-order valence-electron chi connectivity index (χ1n) is 28.6. The number of unbranched alkanes of at least 4 members (excludes halogenated alkanes) is 2. The lowest BCUT2D eigenvalue weighted by atomic mass is 9.73. The minimum atomic E-state index is -0.212. The first-order chi connectivity index (χ1) is 31.6. The normalized spacial score (nSPS) is 22.3. The van der Waals surface area contributed by atoms with Crippen LogP contribution in [0.4, 0.5) is 0 Å². The zero-order valence-electron chi connectivity index (χ0n) is 47.0. The van der Waals surface area contributed by atoms with Crippen LogP contribution in [0.15, 0.2) is 0 Å². The minimum absolute atomic E-state index is 0.212. The van der Waals surface area contributed by atoms with Gasteiger partial charge in [0.05, 0.1) is 0 Å². The van der Waals surface area contributed by atoms with E-state index >= 15 is 0 Å². The van der Waals surface area contributed by atoms with Gasteiger partial charge in [0.25, 0.3) is 0 Å². The van der Waals surface area contributed by atoms with Gasteiger partial charge in [-0.1, -0.05) is 165 Å². The number of rotatable bonds is 30. The van der Waals surface area contributed by atoms with E-state index in [1.54, 1.807) is 0 Å². The molecule has 2 unspecified atom stereocenters. The molecule has 0 aromatic heterocycles. The SMILES string of the molecule is Cc1c(C)c2c(c(C)c1O)CC(CCCCCC1Cc3c(C)c(O)c(C)c(C)c3O[C@@]1(C)CCC[C@H](C)CCC[C@@H](C)CCCC(C)C)[C@](C)(CCC[C@H](C)CCC[C@@H](C)CCCC(C)C)O2. The quantitative estimate of drug-likeness (QED) is 0.0767. The van der Waals surface area contributed by atoms with Gasteiger partial charge in [0.1, 0.15) is 34.2 Å². The lowest BCUT2D eigenvalue weighted by molar-refractivity contribution is -0.00957. The molecule has 67 heavy (non-hydrogen) atoms. The van der Waals surface area contributed by atoms with Crippen LogP contribution in [0, 0.1) is 88.9 Å². The third-order valence-corrected chi connectivity index (χ3v) is 18.1. The van der Waals surface area contributed by atoms with Crippen molar-refractivity contribution >= 4 is 0 Å². The molecule has 2 aliphatic heterocycles. The van der Waals surface area contributed by atoms with Crippen LogP contribution in [0.5, 0.6) is 23.0 Å². The molecule has 0 saturated heterocycles. The van der Waals surface area contributed by atoms with Crippen LogP contribution in [0.3, 0.4) is 0 Å². The summed E-state index contributed by atoms with van der Waals surface area (Å²) in [5, 5.41) is 22.3. The number of fused-ring (bicyclic) bond motifs is 2. The van der Waals surface area contributed by atoms with Gasteiger partial charge in [-0.2, -0.15) is 0 Å². The zero-order valence-corrected chi connectivity index (χ0v) is 47.0. The van der Waals surface area contributed by atoms with Crippen LogP contribution in [0.25, 0.3) is 0 Å². The van der Waals surface area contributed by atoms with Crippen LogP contribution < -0.4 is 9.47 Å². The van der Waals surface area contributed by atoms with E-state index in [2.05, 4.69) is 96.9 Å². The molecule has 0 bridgehead atoms. The van der Waals surface area contributed by atoms with E-state index in [-0.39, 0.29) is 11.2 Å². The van der Waals surface area contributed by atoms with Crippen molar-refractivity contribution in [1.82, 2.24) is 0 Å². The molecule has 4 heteroatoms. The average Bonchev–Trinajstić information content (AvgIpc) is 3.26. The van der Waals surface area contributed by atoms with Crippen molar-refractivity contribution in [3.63, 3.8) is 0 Å². The van der Waals surface area contributed by atoms with Gasteiger partial charge in [-0.05, 0) is 176 Å². The summed E-state index contributed by atoms with van der Waals surface area (Å²) in [6, 6.07) is 0. The van der Waals surface area contributed by atoms with Gasteiger partial charge < -0.3 is 19.7 Å². The van der Waals surface area contributed by atoms with E-state index in [1.807, 2.05) is 13.8 Å². The van der Waals surface area contributed by atoms with Crippen LogP contribution in [0.1, 0.15) is 261 Å². The molecule has 0 spiro atoms. The molecule has 4 nitrogen and oxygen atoms in total. The smallest absolute Gasteiger partial charge is 0.127 e. The van der Waals surface area contributed by atoms with Crippen molar-refractivity contribution in [1.29, 1.82) is 0 Å². The summed E-state index contributed by atoms with van der Waals surface area (Å²) >= 11 is 0. The maximum absolute atomic E-state index is 11.2. The summed E-state index contributed by atoms with van der Waals surface area (Å²) in [6.45, 7) is 36.7. The third kappa shape index (κ3) is 16.3. The van der Waals surface area contributed by atoms with E-state index in [4.69, 9.17) is 9.47 Å². The zero-order chi connectivity index (χ0) is 49.6. The highest BCUT2D eigenvalue weighted by Crippen LogP contribution is 2.50. The second kappa shape index (κ2) is 26.7. The number of benzene rings is 2. The number of phenols is 2. The molecule has 2 heterocycles. The molecule has 4 rings (SSSR count). The maximum Gasteiger partial charge on any atom is 0.127 e. The summed E-state index contributed by atoms with van der Waals surface area (Å²) in [4.78, 5) is 0. The van der Waals surface area contributed by atoms with Gasteiger partial charge in [-0.3, -0.25) is 0 Å². The number of hydrogen-bond donors (Lipinski definition) is 2. The molecular formula is C63H108O4.